The summed E-state index contributed by atoms with van der Waals surface area (Å²) in [6, 6.07) is 0. The van der Waals surface area contributed by atoms with Gasteiger partial charge in [-0.3, -0.25) is 4.79 Å². The summed E-state index contributed by atoms with van der Waals surface area (Å²) in [6.45, 7) is 4.71. The van der Waals surface area contributed by atoms with Crippen LogP contribution in [-0.2, 0) is 4.79 Å². The van der Waals surface area contributed by atoms with Crippen LogP contribution in [0.4, 0.5) is 0 Å². The highest BCUT2D eigenvalue weighted by Crippen LogP contribution is 2.60. The van der Waals surface area contributed by atoms with Gasteiger partial charge in [0.15, 0.2) is 0 Å². The van der Waals surface area contributed by atoms with Gasteiger partial charge in [-0.1, -0.05) is 13.8 Å². The van der Waals surface area contributed by atoms with Crippen molar-refractivity contribution < 1.29 is 4.79 Å². The van der Waals surface area contributed by atoms with Crippen LogP contribution in [0.25, 0.3) is 0 Å². The number of fused-ring (bicyclic) bond motifs is 3. The van der Waals surface area contributed by atoms with E-state index in [1.54, 1.807) is 4.90 Å². The zero-order valence-corrected chi connectivity index (χ0v) is 11.2. The maximum absolute atomic E-state index is 12.3. The molecule has 0 aromatic carbocycles. The average molecular weight is 223 g/mol. The van der Waals surface area contributed by atoms with Gasteiger partial charge in [0.2, 0.25) is 5.91 Å². The van der Waals surface area contributed by atoms with Crippen LogP contribution >= 0.6 is 0 Å². The van der Waals surface area contributed by atoms with Crippen molar-refractivity contribution in [2.75, 3.05) is 14.1 Å². The number of rotatable bonds is 2. The van der Waals surface area contributed by atoms with E-state index >= 15 is 0 Å². The van der Waals surface area contributed by atoms with Crippen LogP contribution in [-0.4, -0.2) is 24.9 Å². The van der Waals surface area contributed by atoms with E-state index < -0.39 is 0 Å². The number of amides is 1. The van der Waals surface area contributed by atoms with Crippen molar-refractivity contribution in [3.63, 3.8) is 0 Å². The maximum atomic E-state index is 12.3. The molecule has 0 N–H and O–H groups in total. The van der Waals surface area contributed by atoms with Gasteiger partial charge in [-0.15, -0.1) is 0 Å². The van der Waals surface area contributed by atoms with E-state index in [-0.39, 0.29) is 5.41 Å². The SMILES string of the molecule is CC(C)C12CCC(C(=O)N(C)C)(CC1)CC2. The first-order chi connectivity index (χ1) is 7.42. The Morgan fingerprint density at radius 2 is 1.44 bits per heavy atom. The fourth-order valence-electron chi connectivity index (χ4n) is 3.88. The predicted octanol–water partition coefficient (Wildman–Crippen LogP) is 3.07. The molecule has 3 fully saturated rings. The summed E-state index contributed by atoms with van der Waals surface area (Å²) in [5, 5.41) is 0. The molecule has 0 aromatic heterocycles. The van der Waals surface area contributed by atoms with E-state index in [2.05, 4.69) is 13.8 Å². The lowest BCUT2D eigenvalue weighted by Crippen LogP contribution is -2.51. The molecular formula is C14H25NO. The topological polar surface area (TPSA) is 20.3 Å². The standard InChI is InChI=1S/C14H25NO/c1-11(2)13-5-8-14(9-6-13,10-7-13)12(16)15(3)4/h11H,5-10H2,1-4H3. The lowest BCUT2D eigenvalue weighted by molar-refractivity contribution is -0.151. The van der Waals surface area contributed by atoms with Crippen molar-refractivity contribution in [1.82, 2.24) is 4.90 Å². The molecular weight excluding hydrogens is 198 g/mol. The van der Waals surface area contributed by atoms with Crippen LogP contribution in [0, 0.1) is 16.7 Å². The fourth-order valence-corrected chi connectivity index (χ4v) is 3.88. The van der Waals surface area contributed by atoms with Gasteiger partial charge in [0.1, 0.15) is 0 Å². The normalized spacial score (nSPS) is 37.8. The van der Waals surface area contributed by atoms with Gasteiger partial charge < -0.3 is 4.90 Å². The fraction of sp³-hybridized carbons (Fsp3) is 0.929. The largest absolute Gasteiger partial charge is 0.348 e. The van der Waals surface area contributed by atoms with E-state index in [4.69, 9.17) is 0 Å². The van der Waals surface area contributed by atoms with E-state index in [0.717, 1.165) is 25.2 Å². The van der Waals surface area contributed by atoms with Gasteiger partial charge >= 0.3 is 0 Å². The van der Waals surface area contributed by atoms with Gasteiger partial charge in [0.25, 0.3) is 0 Å². The molecule has 3 aliphatic carbocycles. The molecule has 0 heterocycles. The number of hydrogen-bond donors (Lipinski definition) is 0. The molecule has 2 bridgehead atoms. The third kappa shape index (κ3) is 1.57. The van der Waals surface area contributed by atoms with E-state index in [1.807, 2.05) is 14.1 Å². The van der Waals surface area contributed by atoms with Crippen molar-refractivity contribution in [2.24, 2.45) is 16.7 Å². The summed E-state index contributed by atoms with van der Waals surface area (Å²) in [7, 11) is 3.80. The average Bonchev–Trinajstić information content (AvgIpc) is 2.30. The molecule has 16 heavy (non-hydrogen) atoms. The molecule has 3 aliphatic rings. The van der Waals surface area contributed by atoms with Crippen LogP contribution in [0.2, 0.25) is 0 Å². The molecule has 0 atom stereocenters. The highest BCUT2D eigenvalue weighted by Gasteiger charge is 2.53. The summed E-state index contributed by atoms with van der Waals surface area (Å²) in [5.41, 5.74) is 0.578. The van der Waals surface area contributed by atoms with Crippen LogP contribution < -0.4 is 0 Å². The first-order valence-corrected chi connectivity index (χ1v) is 6.64. The van der Waals surface area contributed by atoms with Gasteiger partial charge in [-0.25, -0.2) is 0 Å². The van der Waals surface area contributed by atoms with Crippen molar-refractivity contribution in [1.29, 1.82) is 0 Å². The van der Waals surface area contributed by atoms with Gasteiger partial charge in [-0.05, 0) is 49.9 Å². The molecule has 2 heteroatoms. The Hall–Kier alpha value is -0.530. The summed E-state index contributed by atoms with van der Waals surface area (Å²) in [4.78, 5) is 14.1. The molecule has 3 saturated carbocycles. The maximum Gasteiger partial charge on any atom is 0.228 e. The molecule has 0 unspecified atom stereocenters. The Morgan fingerprint density at radius 1 is 1.00 bits per heavy atom. The van der Waals surface area contributed by atoms with Crippen LogP contribution in [0.1, 0.15) is 52.4 Å². The Labute approximate surface area is 99.4 Å². The lowest BCUT2D eigenvalue weighted by Gasteiger charge is -2.55. The second-order valence-corrected chi connectivity index (χ2v) is 6.50. The number of carbonyl (C=O) groups is 1. The van der Waals surface area contributed by atoms with Crippen LogP contribution in [0.3, 0.4) is 0 Å². The summed E-state index contributed by atoms with van der Waals surface area (Å²) < 4.78 is 0. The Morgan fingerprint density at radius 3 is 1.75 bits per heavy atom. The third-order valence-electron chi connectivity index (χ3n) is 5.39. The Bertz CT molecular complexity index is 269. The summed E-state index contributed by atoms with van der Waals surface area (Å²) in [5.74, 6) is 1.16. The summed E-state index contributed by atoms with van der Waals surface area (Å²) in [6.07, 6.45) is 7.19. The van der Waals surface area contributed by atoms with Crippen molar-refractivity contribution in [3.8, 4) is 0 Å². The minimum Gasteiger partial charge on any atom is -0.348 e. The van der Waals surface area contributed by atoms with Gasteiger partial charge in [0.05, 0.1) is 0 Å². The molecule has 3 rings (SSSR count). The quantitative estimate of drug-likeness (QED) is 0.704. The van der Waals surface area contributed by atoms with E-state index in [0.29, 0.717) is 11.3 Å². The molecule has 0 radical (unpaired) electrons. The third-order valence-corrected chi connectivity index (χ3v) is 5.39. The molecule has 0 aromatic rings. The zero-order valence-electron chi connectivity index (χ0n) is 11.2. The van der Waals surface area contributed by atoms with E-state index in [9.17, 15) is 4.79 Å². The molecule has 0 spiro atoms. The number of carbonyl (C=O) groups excluding carboxylic acids is 1. The second-order valence-electron chi connectivity index (χ2n) is 6.50. The van der Waals surface area contributed by atoms with Gasteiger partial charge in [-0.2, -0.15) is 0 Å². The van der Waals surface area contributed by atoms with Crippen molar-refractivity contribution in [2.45, 2.75) is 52.4 Å². The first-order valence-electron chi connectivity index (χ1n) is 6.64. The lowest BCUT2D eigenvalue weighted by atomic mass is 9.50. The Balaban J connectivity index is 2.14. The molecule has 0 aliphatic heterocycles. The number of hydrogen-bond acceptors (Lipinski definition) is 1. The van der Waals surface area contributed by atoms with Crippen LogP contribution in [0.15, 0.2) is 0 Å². The summed E-state index contributed by atoms with van der Waals surface area (Å²) >= 11 is 0. The smallest absolute Gasteiger partial charge is 0.228 e. The minimum atomic E-state index is 0.0140. The zero-order chi connectivity index (χ0) is 12.0. The molecule has 2 nitrogen and oxygen atoms in total. The minimum absolute atomic E-state index is 0.0140. The van der Waals surface area contributed by atoms with Gasteiger partial charge in [0, 0.05) is 19.5 Å². The molecule has 1 amide bonds. The molecule has 92 valence electrons. The van der Waals surface area contributed by atoms with Crippen LogP contribution in [0.5, 0.6) is 0 Å². The second kappa shape index (κ2) is 3.75. The highest BCUT2D eigenvalue weighted by molar-refractivity contribution is 5.82. The van der Waals surface area contributed by atoms with Crippen molar-refractivity contribution in [3.05, 3.63) is 0 Å². The Kier molecular flexibility index (Phi) is 2.80. The highest BCUT2D eigenvalue weighted by atomic mass is 16.2. The number of nitrogens with zero attached hydrogens (tertiary/aromatic N) is 1. The monoisotopic (exact) mass is 223 g/mol. The van der Waals surface area contributed by atoms with Crippen molar-refractivity contribution >= 4 is 5.91 Å². The predicted molar refractivity (Wildman–Crippen MR) is 66.1 cm³/mol. The first kappa shape index (κ1) is 11.9. The van der Waals surface area contributed by atoms with E-state index in [1.165, 1.54) is 19.3 Å². The molecule has 0 saturated heterocycles.